The average molecular weight is 381 g/mol. The van der Waals surface area contributed by atoms with Crippen LogP contribution in [0.1, 0.15) is 28.5 Å². The number of aryl methyl sites for hydroxylation is 2. The van der Waals surface area contributed by atoms with Gasteiger partial charge in [-0.25, -0.2) is 9.97 Å². The van der Waals surface area contributed by atoms with Crippen LogP contribution in [0.3, 0.4) is 0 Å². The largest absolute Gasteiger partial charge is 0.324 e. The van der Waals surface area contributed by atoms with E-state index < -0.39 is 0 Å². The molecule has 6 heteroatoms. The normalized spacial score (nSPS) is 10.5. The van der Waals surface area contributed by atoms with Crippen molar-refractivity contribution >= 4 is 34.8 Å². The average Bonchev–Trinajstić information content (AvgIpc) is 2.65. The molecule has 0 saturated carbocycles. The first kappa shape index (κ1) is 18.9. The monoisotopic (exact) mass is 380 g/mol. The minimum atomic E-state index is -0.165. The minimum Gasteiger partial charge on any atom is -0.324 e. The summed E-state index contributed by atoms with van der Waals surface area (Å²) in [6, 6.07) is 15.0. The quantitative estimate of drug-likeness (QED) is 0.664. The van der Waals surface area contributed by atoms with Crippen molar-refractivity contribution in [1.82, 2.24) is 9.97 Å². The maximum Gasteiger partial charge on any atom is 0.277 e. The molecule has 0 aliphatic heterocycles. The van der Waals surface area contributed by atoms with Crippen LogP contribution in [-0.2, 0) is 0 Å². The van der Waals surface area contributed by atoms with E-state index in [1.54, 1.807) is 23.2 Å². The van der Waals surface area contributed by atoms with E-state index in [0.29, 0.717) is 23.2 Å². The van der Waals surface area contributed by atoms with Gasteiger partial charge in [-0.1, -0.05) is 23.7 Å². The van der Waals surface area contributed by atoms with Crippen molar-refractivity contribution in [3.8, 4) is 0 Å². The summed E-state index contributed by atoms with van der Waals surface area (Å²) in [6.45, 7) is 6.44. The van der Waals surface area contributed by atoms with Crippen molar-refractivity contribution in [2.24, 2.45) is 0 Å². The molecule has 1 amide bonds. The molecule has 0 aliphatic carbocycles. The van der Waals surface area contributed by atoms with Crippen LogP contribution in [0.25, 0.3) is 0 Å². The van der Waals surface area contributed by atoms with E-state index in [9.17, 15) is 4.79 Å². The summed E-state index contributed by atoms with van der Waals surface area (Å²) in [7, 11) is 0. The molecule has 138 valence electrons. The lowest BCUT2D eigenvalue weighted by Crippen LogP contribution is -2.31. The van der Waals surface area contributed by atoms with E-state index in [2.05, 4.69) is 15.3 Å². The topological polar surface area (TPSA) is 58.1 Å². The lowest BCUT2D eigenvalue weighted by Gasteiger charge is -2.21. The van der Waals surface area contributed by atoms with E-state index in [0.717, 1.165) is 22.5 Å². The zero-order valence-electron chi connectivity index (χ0n) is 15.5. The highest BCUT2D eigenvalue weighted by Crippen LogP contribution is 2.23. The van der Waals surface area contributed by atoms with E-state index in [-0.39, 0.29) is 5.91 Å². The number of anilines is 3. The molecule has 0 spiro atoms. The third-order valence-corrected chi connectivity index (χ3v) is 4.42. The molecule has 0 bridgehead atoms. The Balaban J connectivity index is 1.86. The fourth-order valence-electron chi connectivity index (χ4n) is 2.80. The van der Waals surface area contributed by atoms with Gasteiger partial charge >= 0.3 is 0 Å². The number of hydrogen-bond donors (Lipinski definition) is 1. The number of rotatable bonds is 5. The van der Waals surface area contributed by atoms with Gasteiger partial charge in [-0.2, -0.15) is 0 Å². The molecule has 0 saturated heterocycles. The van der Waals surface area contributed by atoms with Crippen molar-refractivity contribution in [2.45, 2.75) is 20.8 Å². The third kappa shape index (κ3) is 4.44. The Bertz CT molecular complexity index is 974. The number of hydrogen-bond acceptors (Lipinski definition) is 4. The third-order valence-electron chi connectivity index (χ3n) is 4.18. The first-order chi connectivity index (χ1) is 13.0. The molecule has 1 aromatic heterocycles. The zero-order valence-corrected chi connectivity index (χ0v) is 16.3. The fraction of sp³-hybridized carbons (Fsp3) is 0.190. The second-order valence-corrected chi connectivity index (χ2v) is 6.67. The van der Waals surface area contributed by atoms with Gasteiger partial charge in [0.2, 0.25) is 5.95 Å². The van der Waals surface area contributed by atoms with Crippen molar-refractivity contribution in [3.63, 3.8) is 0 Å². The molecule has 3 rings (SSSR count). The zero-order chi connectivity index (χ0) is 19.4. The number of carbonyl (C=O) groups excluding carboxylic acids is 1. The van der Waals surface area contributed by atoms with E-state index in [1.165, 1.54) is 0 Å². The Morgan fingerprint density at radius 2 is 1.96 bits per heavy atom. The highest BCUT2D eigenvalue weighted by atomic mass is 35.5. The first-order valence-corrected chi connectivity index (χ1v) is 9.10. The molecule has 1 N–H and O–H groups in total. The summed E-state index contributed by atoms with van der Waals surface area (Å²) >= 11 is 6.00. The van der Waals surface area contributed by atoms with Gasteiger partial charge in [0.1, 0.15) is 5.69 Å². The molecule has 1 heterocycles. The van der Waals surface area contributed by atoms with Crippen molar-refractivity contribution in [1.29, 1.82) is 0 Å². The van der Waals surface area contributed by atoms with Gasteiger partial charge in [-0.15, -0.1) is 0 Å². The van der Waals surface area contributed by atoms with Crippen LogP contribution in [0.2, 0.25) is 5.02 Å². The molecular formula is C21H21ClN4O. The van der Waals surface area contributed by atoms with Gasteiger partial charge in [-0.05, 0) is 68.3 Å². The smallest absolute Gasteiger partial charge is 0.277 e. The number of nitrogens with zero attached hydrogens (tertiary/aromatic N) is 3. The first-order valence-electron chi connectivity index (χ1n) is 8.72. The van der Waals surface area contributed by atoms with Gasteiger partial charge in [0.25, 0.3) is 5.91 Å². The standard InChI is InChI=1S/C21H21ClN4O/c1-4-26(17-7-5-6-14(2)12-17)20(27)19-10-11-23-21(25-19)24-18-9-8-16(22)13-15(18)3/h5-13H,4H2,1-3H3,(H,23,24,25). The van der Waals surface area contributed by atoms with Crippen LogP contribution in [-0.4, -0.2) is 22.4 Å². The summed E-state index contributed by atoms with van der Waals surface area (Å²) in [5, 5.41) is 3.82. The Morgan fingerprint density at radius 1 is 1.15 bits per heavy atom. The van der Waals surface area contributed by atoms with Gasteiger partial charge in [0.15, 0.2) is 0 Å². The van der Waals surface area contributed by atoms with E-state index in [1.807, 2.05) is 57.2 Å². The fourth-order valence-corrected chi connectivity index (χ4v) is 3.03. The van der Waals surface area contributed by atoms with E-state index >= 15 is 0 Å². The molecule has 3 aromatic rings. The molecule has 0 atom stereocenters. The number of benzene rings is 2. The molecule has 0 radical (unpaired) electrons. The van der Waals surface area contributed by atoms with Crippen molar-refractivity contribution < 1.29 is 4.79 Å². The van der Waals surface area contributed by atoms with Gasteiger partial charge in [0.05, 0.1) is 0 Å². The molecule has 2 aromatic carbocycles. The number of amides is 1. The maximum absolute atomic E-state index is 13.0. The highest BCUT2D eigenvalue weighted by Gasteiger charge is 2.18. The van der Waals surface area contributed by atoms with Crippen molar-refractivity contribution in [2.75, 3.05) is 16.8 Å². The molecule has 5 nitrogen and oxygen atoms in total. The number of halogens is 1. The van der Waals surface area contributed by atoms with Crippen LogP contribution in [0.15, 0.2) is 54.7 Å². The Kier molecular flexibility index (Phi) is 5.72. The van der Waals surface area contributed by atoms with Crippen LogP contribution >= 0.6 is 11.6 Å². The molecular weight excluding hydrogens is 360 g/mol. The minimum absolute atomic E-state index is 0.165. The lowest BCUT2D eigenvalue weighted by atomic mass is 10.2. The van der Waals surface area contributed by atoms with Crippen LogP contribution in [0, 0.1) is 13.8 Å². The van der Waals surface area contributed by atoms with Gasteiger partial charge in [-0.3, -0.25) is 4.79 Å². The summed E-state index contributed by atoms with van der Waals surface area (Å²) in [5.41, 5.74) is 4.10. The highest BCUT2D eigenvalue weighted by molar-refractivity contribution is 6.30. The lowest BCUT2D eigenvalue weighted by molar-refractivity contribution is 0.0983. The number of carbonyl (C=O) groups is 1. The van der Waals surface area contributed by atoms with Gasteiger partial charge in [0, 0.05) is 29.1 Å². The van der Waals surface area contributed by atoms with Gasteiger partial charge < -0.3 is 10.2 Å². The Labute approximate surface area is 164 Å². The Hall–Kier alpha value is -2.92. The number of nitrogens with one attached hydrogen (secondary N) is 1. The Morgan fingerprint density at radius 3 is 2.67 bits per heavy atom. The SMILES string of the molecule is CCN(C(=O)c1ccnc(Nc2ccc(Cl)cc2C)n1)c1cccc(C)c1. The number of aromatic nitrogens is 2. The summed E-state index contributed by atoms with van der Waals surface area (Å²) in [4.78, 5) is 23.3. The van der Waals surface area contributed by atoms with Crippen LogP contribution in [0.4, 0.5) is 17.3 Å². The van der Waals surface area contributed by atoms with Crippen molar-refractivity contribution in [3.05, 3.63) is 76.6 Å². The second kappa shape index (κ2) is 8.18. The van der Waals surface area contributed by atoms with Crippen LogP contribution in [0.5, 0.6) is 0 Å². The summed E-state index contributed by atoms with van der Waals surface area (Å²) < 4.78 is 0. The predicted molar refractivity (Wildman–Crippen MR) is 110 cm³/mol. The molecule has 0 fully saturated rings. The molecule has 27 heavy (non-hydrogen) atoms. The second-order valence-electron chi connectivity index (χ2n) is 6.24. The summed E-state index contributed by atoms with van der Waals surface area (Å²) in [6.07, 6.45) is 1.58. The molecule has 0 aliphatic rings. The van der Waals surface area contributed by atoms with Crippen LogP contribution < -0.4 is 10.2 Å². The van der Waals surface area contributed by atoms with E-state index in [4.69, 9.17) is 11.6 Å². The maximum atomic E-state index is 13.0. The predicted octanol–water partition coefficient (Wildman–Crippen LogP) is 5.16. The summed E-state index contributed by atoms with van der Waals surface area (Å²) in [5.74, 6) is 0.202. The molecule has 0 unspecified atom stereocenters.